The van der Waals surface area contributed by atoms with Crippen molar-refractivity contribution in [3.8, 4) is 0 Å². The zero-order valence-electron chi connectivity index (χ0n) is 9.51. The summed E-state index contributed by atoms with van der Waals surface area (Å²) in [6.45, 7) is 0.676. The van der Waals surface area contributed by atoms with Crippen LogP contribution in [0.5, 0.6) is 0 Å². The molecule has 0 radical (unpaired) electrons. The first-order chi connectivity index (χ1) is 8.16. The number of carbonyl (C=O) groups excluding carboxylic acids is 1. The average molecular weight is 256 g/mol. The summed E-state index contributed by atoms with van der Waals surface area (Å²) in [5.74, 6) is -0.383. The van der Waals surface area contributed by atoms with E-state index >= 15 is 0 Å². The van der Waals surface area contributed by atoms with Crippen LogP contribution in [-0.2, 0) is 11.2 Å². The van der Waals surface area contributed by atoms with Crippen LogP contribution in [0.15, 0.2) is 18.2 Å². The van der Waals surface area contributed by atoms with Gasteiger partial charge < -0.3 is 5.32 Å². The topological polar surface area (TPSA) is 29.1 Å². The van der Waals surface area contributed by atoms with E-state index in [0.717, 1.165) is 0 Å². The van der Waals surface area contributed by atoms with Crippen molar-refractivity contribution in [1.82, 2.24) is 5.32 Å². The van der Waals surface area contributed by atoms with Crippen LogP contribution in [0.4, 0.5) is 4.39 Å². The lowest BCUT2D eigenvalue weighted by Crippen LogP contribution is -2.21. The molecule has 1 aliphatic carbocycles. The number of ketones is 1. The van der Waals surface area contributed by atoms with Gasteiger partial charge in [-0.05, 0) is 25.0 Å². The van der Waals surface area contributed by atoms with E-state index in [9.17, 15) is 9.18 Å². The summed E-state index contributed by atoms with van der Waals surface area (Å²) < 4.78 is 13.4. The summed E-state index contributed by atoms with van der Waals surface area (Å²) >= 11 is 5.86. The highest BCUT2D eigenvalue weighted by atomic mass is 35.5. The molecule has 0 saturated heterocycles. The molecule has 1 saturated carbocycles. The second kappa shape index (κ2) is 5.61. The molecule has 4 heteroatoms. The number of hydrogen-bond acceptors (Lipinski definition) is 2. The summed E-state index contributed by atoms with van der Waals surface area (Å²) in [6.07, 6.45) is 2.92. The van der Waals surface area contributed by atoms with E-state index in [-0.39, 0.29) is 12.2 Å². The second-order valence-electron chi connectivity index (χ2n) is 4.39. The molecule has 1 aromatic rings. The summed E-state index contributed by atoms with van der Waals surface area (Å²) in [4.78, 5) is 11.7. The molecule has 17 heavy (non-hydrogen) atoms. The van der Waals surface area contributed by atoms with Crippen molar-refractivity contribution in [2.45, 2.75) is 31.7 Å². The van der Waals surface area contributed by atoms with Crippen molar-refractivity contribution in [1.29, 1.82) is 0 Å². The molecule has 1 aliphatic rings. The first-order valence-corrected chi connectivity index (χ1v) is 6.22. The Bertz CT molecular complexity index is 398. The van der Waals surface area contributed by atoms with Gasteiger partial charge in [-0.25, -0.2) is 4.39 Å². The lowest BCUT2D eigenvalue weighted by Gasteiger charge is -2.05. The molecule has 0 aromatic heterocycles. The largest absolute Gasteiger partial charge is 0.314 e. The molecule has 1 fully saturated rings. The zero-order chi connectivity index (χ0) is 12.3. The lowest BCUT2D eigenvalue weighted by molar-refractivity contribution is -0.118. The minimum Gasteiger partial charge on any atom is -0.314 e. The number of halogens is 2. The second-order valence-corrected chi connectivity index (χ2v) is 4.80. The number of benzene rings is 1. The maximum Gasteiger partial charge on any atom is 0.138 e. The summed E-state index contributed by atoms with van der Waals surface area (Å²) in [6, 6.07) is 5.08. The van der Waals surface area contributed by atoms with Gasteiger partial charge in [0.2, 0.25) is 0 Å². The van der Waals surface area contributed by atoms with E-state index in [1.54, 1.807) is 12.1 Å². The molecule has 2 nitrogen and oxygen atoms in total. The Labute approximate surface area is 105 Å². The molecule has 0 aliphatic heterocycles. The summed E-state index contributed by atoms with van der Waals surface area (Å²) in [7, 11) is 0. The smallest absolute Gasteiger partial charge is 0.138 e. The molecular weight excluding hydrogens is 241 g/mol. The first kappa shape index (κ1) is 12.5. The third-order valence-electron chi connectivity index (χ3n) is 2.85. The van der Waals surface area contributed by atoms with Crippen molar-refractivity contribution in [2.75, 3.05) is 6.54 Å². The number of rotatable bonds is 6. The number of carbonyl (C=O) groups is 1. The van der Waals surface area contributed by atoms with E-state index in [2.05, 4.69) is 5.32 Å². The minimum atomic E-state index is -0.402. The molecule has 1 N–H and O–H groups in total. The fraction of sp³-hybridized carbons (Fsp3) is 0.462. The molecule has 0 bridgehead atoms. The molecule has 1 aromatic carbocycles. The molecule has 0 spiro atoms. The Balaban J connectivity index is 1.84. The van der Waals surface area contributed by atoms with Gasteiger partial charge in [-0.15, -0.1) is 0 Å². The molecule has 0 unspecified atom stereocenters. The Morgan fingerprint density at radius 2 is 2.24 bits per heavy atom. The lowest BCUT2D eigenvalue weighted by atomic mass is 10.1. The number of nitrogens with one attached hydrogen (secondary N) is 1. The van der Waals surface area contributed by atoms with E-state index in [1.807, 2.05) is 0 Å². The Kier molecular flexibility index (Phi) is 4.13. The van der Waals surface area contributed by atoms with Crippen molar-refractivity contribution < 1.29 is 9.18 Å². The van der Waals surface area contributed by atoms with Crippen LogP contribution in [0.1, 0.15) is 24.8 Å². The monoisotopic (exact) mass is 255 g/mol. The standard InChI is InChI=1S/C13H15ClFNO/c14-12-2-1-3-13(15)11(12)8-10(17)6-7-16-9-4-5-9/h1-3,9,16H,4-8H2. The van der Waals surface area contributed by atoms with Crippen LogP contribution in [0.25, 0.3) is 0 Å². The SMILES string of the molecule is O=C(CCNC1CC1)Cc1c(F)cccc1Cl. The van der Waals surface area contributed by atoms with Gasteiger partial charge in [0.05, 0.1) is 0 Å². The van der Waals surface area contributed by atoms with E-state index in [4.69, 9.17) is 11.6 Å². The van der Waals surface area contributed by atoms with Gasteiger partial charge >= 0.3 is 0 Å². The van der Waals surface area contributed by atoms with Crippen LogP contribution in [0.2, 0.25) is 5.02 Å². The van der Waals surface area contributed by atoms with Crippen LogP contribution >= 0.6 is 11.6 Å². The summed E-state index contributed by atoms with van der Waals surface area (Å²) in [5.41, 5.74) is 0.311. The maximum atomic E-state index is 13.4. The minimum absolute atomic E-state index is 0.0187. The quantitative estimate of drug-likeness (QED) is 0.847. The average Bonchev–Trinajstić information content (AvgIpc) is 3.08. The summed E-state index contributed by atoms with van der Waals surface area (Å²) in [5, 5.41) is 3.58. The van der Waals surface area contributed by atoms with Gasteiger partial charge in [0.15, 0.2) is 0 Å². The molecule has 0 heterocycles. The highest BCUT2D eigenvalue weighted by molar-refractivity contribution is 6.31. The Morgan fingerprint density at radius 3 is 2.88 bits per heavy atom. The van der Waals surface area contributed by atoms with E-state index in [0.29, 0.717) is 29.6 Å². The molecular formula is C13H15ClFNO. The Morgan fingerprint density at radius 1 is 1.47 bits per heavy atom. The number of Topliss-reactive ketones (excluding diaryl/α,β-unsaturated/α-hetero) is 1. The highest BCUT2D eigenvalue weighted by Gasteiger charge is 2.20. The fourth-order valence-electron chi connectivity index (χ4n) is 1.69. The third kappa shape index (κ3) is 3.79. The predicted octanol–water partition coefficient (Wildman–Crippen LogP) is 2.73. The number of hydrogen-bond donors (Lipinski definition) is 1. The van der Waals surface area contributed by atoms with Crippen LogP contribution in [-0.4, -0.2) is 18.4 Å². The Hall–Kier alpha value is -0.930. The van der Waals surface area contributed by atoms with E-state index < -0.39 is 5.82 Å². The van der Waals surface area contributed by atoms with Gasteiger partial charge in [-0.2, -0.15) is 0 Å². The van der Waals surface area contributed by atoms with Gasteiger partial charge in [-0.1, -0.05) is 17.7 Å². The fourth-order valence-corrected chi connectivity index (χ4v) is 1.92. The highest BCUT2D eigenvalue weighted by Crippen LogP contribution is 2.20. The molecule has 92 valence electrons. The molecule has 0 atom stereocenters. The van der Waals surface area contributed by atoms with Gasteiger partial charge in [-0.3, -0.25) is 4.79 Å². The zero-order valence-corrected chi connectivity index (χ0v) is 10.3. The van der Waals surface area contributed by atoms with Crippen molar-refractivity contribution in [2.24, 2.45) is 0 Å². The maximum absolute atomic E-state index is 13.4. The van der Waals surface area contributed by atoms with Crippen molar-refractivity contribution >= 4 is 17.4 Å². The van der Waals surface area contributed by atoms with Crippen LogP contribution in [0.3, 0.4) is 0 Å². The van der Waals surface area contributed by atoms with Gasteiger partial charge in [0.1, 0.15) is 11.6 Å². The first-order valence-electron chi connectivity index (χ1n) is 5.85. The van der Waals surface area contributed by atoms with Crippen LogP contribution in [0, 0.1) is 5.82 Å². The van der Waals surface area contributed by atoms with Crippen molar-refractivity contribution in [3.63, 3.8) is 0 Å². The third-order valence-corrected chi connectivity index (χ3v) is 3.20. The molecule has 2 rings (SSSR count). The van der Waals surface area contributed by atoms with E-state index in [1.165, 1.54) is 18.9 Å². The normalized spacial score (nSPS) is 14.9. The van der Waals surface area contributed by atoms with Crippen molar-refractivity contribution in [3.05, 3.63) is 34.6 Å². The molecule has 0 amide bonds. The van der Waals surface area contributed by atoms with Crippen LogP contribution < -0.4 is 5.32 Å². The van der Waals surface area contributed by atoms with Gasteiger partial charge in [0.25, 0.3) is 0 Å². The predicted molar refractivity (Wildman–Crippen MR) is 65.8 cm³/mol. The van der Waals surface area contributed by atoms with Gasteiger partial charge in [0, 0.05) is 36.0 Å².